The number of H-pyrrole nitrogens is 1. The molecule has 3 aromatic carbocycles. The van der Waals surface area contributed by atoms with Gasteiger partial charge in [-0.25, -0.2) is 0 Å². The molecule has 2 unspecified atom stereocenters. The predicted molar refractivity (Wildman–Crippen MR) is 135 cm³/mol. The number of hydrogen-bond donors (Lipinski definition) is 1. The third-order valence-corrected chi connectivity index (χ3v) is 6.39. The van der Waals surface area contributed by atoms with Crippen molar-refractivity contribution in [2.75, 3.05) is 18.0 Å². The summed E-state index contributed by atoms with van der Waals surface area (Å²) in [6.45, 7) is 6.04. The van der Waals surface area contributed by atoms with Crippen molar-refractivity contribution in [3.8, 4) is 5.69 Å². The number of nitrogens with zero attached hydrogens (tertiary/aromatic N) is 3. The average molecular weight is 457 g/mol. The van der Waals surface area contributed by atoms with Gasteiger partial charge in [0.1, 0.15) is 5.82 Å². The second kappa shape index (κ2) is 9.33. The zero-order valence-electron chi connectivity index (χ0n) is 18.9. The molecule has 33 heavy (non-hydrogen) atoms. The number of benzene rings is 3. The summed E-state index contributed by atoms with van der Waals surface area (Å²) in [5.74, 6) is 0.833. The Kier molecular flexibility index (Phi) is 6.11. The predicted octanol–water partition coefficient (Wildman–Crippen LogP) is 5.72. The molecule has 5 nitrogen and oxygen atoms in total. The number of aromatic nitrogens is 3. The van der Waals surface area contributed by atoms with E-state index in [0.717, 1.165) is 24.6 Å². The fourth-order valence-electron chi connectivity index (χ4n) is 4.74. The van der Waals surface area contributed by atoms with Gasteiger partial charge in [-0.05, 0) is 61.5 Å². The molecule has 0 spiro atoms. The Morgan fingerprint density at radius 1 is 0.818 bits per heavy atom. The van der Waals surface area contributed by atoms with E-state index in [9.17, 15) is 0 Å². The second-order valence-electron chi connectivity index (χ2n) is 8.66. The highest BCUT2D eigenvalue weighted by Crippen LogP contribution is 2.32. The Hall–Kier alpha value is -3.22. The van der Waals surface area contributed by atoms with Crippen molar-refractivity contribution in [3.05, 3.63) is 107 Å². The van der Waals surface area contributed by atoms with Crippen LogP contribution in [0.3, 0.4) is 0 Å². The summed E-state index contributed by atoms with van der Waals surface area (Å²) < 4.78 is 8.53. The second-order valence-corrected chi connectivity index (χ2v) is 9.04. The molecular formula is C27H28N4OS. The Labute approximate surface area is 199 Å². The van der Waals surface area contributed by atoms with Crippen LogP contribution in [0.2, 0.25) is 0 Å². The molecule has 0 bridgehead atoms. The molecule has 1 N–H and O–H groups in total. The van der Waals surface area contributed by atoms with E-state index in [2.05, 4.69) is 102 Å². The van der Waals surface area contributed by atoms with Crippen LogP contribution in [-0.4, -0.2) is 40.1 Å². The van der Waals surface area contributed by atoms with Gasteiger partial charge in [0, 0.05) is 24.5 Å². The highest BCUT2D eigenvalue weighted by atomic mass is 32.1. The molecule has 0 saturated carbocycles. The molecule has 168 valence electrons. The lowest BCUT2D eigenvalue weighted by molar-refractivity contribution is -0.00521. The van der Waals surface area contributed by atoms with Crippen molar-refractivity contribution in [2.24, 2.45) is 0 Å². The Bertz CT molecular complexity index is 1200. The summed E-state index contributed by atoms with van der Waals surface area (Å²) >= 11 is 5.68. The van der Waals surface area contributed by atoms with Gasteiger partial charge in [0.2, 0.25) is 0 Å². The zero-order valence-corrected chi connectivity index (χ0v) is 19.7. The summed E-state index contributed by atoms with van der Waals surface area (Å²) in [6, 6.07) is 29.5. The molecule has 0 radical (unpaired) electrons. The van der Waals surface area contributed by atoms with Crippen molar-refractivity contribution in [1.29, 1.82) is 0 Å². The van der Waals surface area contributed by atoms with E-state index in [1.807, 2.05) is 16.7 Å². The Morgan fingerprint density at radius 2 is 1.33 bits per heavy atom. The van der Waals surface area contributed by atoms with Crippen molar-refractivity contribution in [3.63, 3.8) is 0 Å². The van der Waals surface area contributed by atoms with Crippen LogP contribution in [0.5, 0.6) is 0 Å². The Balaban J connectivity index is 1.54. The quantitative estimate of drug-likeness (QED) is 0.390. The minimum absolute atomic E-state index is 0.0408. The number of anilines is 1. The minimum Gasteiger partial charge on any atom is -0.372 e. The average Bonchev–Trinajstić information content (AvgIpc) is 3.21. The molecule has 4 aromatic rings. The molecule has 1 aliphatic heterocycles. The highest BCUT2D eigenvalue weighted by molar-refractivity contribution is 7.71. The third kappa shape index (κ3) is 4.49. The molecule has 1 aromatic heterocycles. The summed E-state index contributed by atoms with van der Waals surface area (Å²) in [7, 11) is 0. The number of nitrogens with one attached hydrogen (secondary N) is 1. The fraction of sp³-hybridized carbons (Fsp3) is 0.259. The number of hydrogen-bond acceptors (Lipinski definition) is 4. The standard InChI is InChI=1S/C27H28N4OS/c1-19-17-30(18-20(2)32-19)23-13-15-24(16-14-23)31-26(28-29-27(31)33)25(21-9-5-3-6-10-21)22-11-7-4-8-12-22/h3-16,19-20,25H,17-18H2,1-2H3,(H,29,33). The van der Waals surface area contributed by atoms with E-state index < -0.39 is 0 Å². The van der Waals surface area contributed by atoms with E-state index in [1.54, 1.807) is 0 Å². The minimum atomic E-state index is -0.0408. The maximum absolute atomic E-state index is 5.89. The summed E-state index contributed by atoms with van der Waals surface area (Å²) in [4.78, 5) is 2.38. The first-order valence-corrected chi connectivity index (χ1v) is 11.8. The number of morpholine rings is 1. The topological polar surface area (TPSA) is 46.1 Å². The van der Waals surface area contributed by atoms with Crippen LogP contribution >= 0.6 is 12.2 Å². The molecular weight excluding hydrogens is 428 g/mol. The number of ether oxygens (including phenoxy) is 1. The van der Waals surface area contributed by atoms with Crippen LogP contribution in [0.15, 0.2) is 84.9 Å². The van der Waals surface area contributed by atoms with Crippen LogP contribution in [0.1, 0.15) is 36.7 Å². The molecule has 5 rings (SSSR count). The molecule has 1 aliphatic rings. The molecule has 0 amide bonds. The molecule has 2 heterocycles. The van der Waals surface area contributed by atoms with Crippen LogP contribution in [0.25, 0.3) is 5.69 Å². The number of rotatable bonds is 5. The van der Waals surface area contributed by atoms with E-state index >= 15 is 0 Å². The lowest BCUT2D eigenvalue weighted by Gasteiger charge is -2.36. The summed E-state index contributed by atoms with van der Waals surface area (Å²) in [6.07, 6.45) is 0.444. The fourth-order valence-corrected chi connectivity index (χ4v) is 4.98. The number of aromatic amines is 1. The van der Waals surface area contributed by atoms with Gasteiger partial charge in [0.25, 0.3) is 0 Å². The monoisotopic (exact) mass is 456 g/mol. The SMILES string of the molecule is CC1CN(c2ccc(-n3c(C(c4ccccc4)c4ccccc4)n[nH]c3=S)cc2)CC(C)O1. The lowest BCUT2D eigenvalue weighted by Crippen LogP contribution is -2.45. The van der Waals surface area contributed by atoms with Gasteiger partial charge in [0.05, 0.1) is 18.1 Å². The van der Waals surface area contributed by atoms with Gasteiger partial charge < -0.3 is 9.64 Å². The third-order valence-electron chi connectivity index (χ3n) is 6.11. The van der Waals surface area contributed by atoms with Gasteiger partial charge >= 0.3 is 0 Å². The van der Waals surface area contributed by atoms with Gasteiger partial charge in [-0.2, -0.15) is 5.10 Å². The molecule has 0 aliphatic carbocycles. The van der Waals surface area contributed by atoms with Crippen molar-refractivity contribution < 1.29 is 4.74 Å². The summed E-state index contributed by atoms with van der Waals surface area (Å²) in [5, 5.41) is 7.73. The van der Waals surface area contributed by atoms with Crippen molar-refractivity contribution >= 4 is 17.9 Å². The first-order chi connectivity index (χ1) is 16.1. The van der Waals surface area contributed by atoms with E-state index in [-0.39, 0.29) is 18.1 Å². The van der Waals surface area contributed by atoms with Gasteiger partial charge in [-0.1, -0.05) is 60.7 Å². The van der Waals surface area contributed by atoms with Gasteiger partial charge in [0.15, 0.2) is 4.77 Å². The van der Waals surface area contributed by atoms with E-state index in [1.165, 1.54) is 16.8 Å². The van der Waals surface area contributed by atoms with Crippen LogP contribution in [0.4, 0.5) is 5.69 Å². The van der Waals surface area contributed by atoms with Crippen molar-refractivity contribution in [1.82, 2.24) is 14.8 Å². The molecule has 6 heteroatoms. The normalized spacial score (nSPS) is 18.6. The van der Waals surface area contributed by atoms with Crippen LogP contribution in [0, 0.1) is 4.77 Å². The van der Waals surface area contributed by atoms with Crippen molar-refractivity contribution in [2.45, 2.75) is 32.0 Å². The van der Waals surface area contributed by atoms with Gasteiger partial charge in [-0.15, -0.1) is 0 Å². The zero-order chi connectivity index (χ0) is 22.8. The van der Waals surface area contributed by atoms with E-state index in [4.69, 9.17) is 17.0 Å². The summed E-state index contributed by atoms with van der Waals surface area (Å²) in [5.41, 5.74) is 4.54. The lowest BCUT2D eigenvalue weighted by atomic mass is 9.90. The van der Waals surface area contributed by atoms with Gasteiger partial charge in [-0.3, -0.25) is 9.67 Å². The van der Waals surface area contributed by atoms with Crippen LogP contribution < -0.4 is 4.90 Å². The maximum Gasteiger partial charge on any atom is 0.199 e. The molecule has 2 atom stereocenters. The molecule has 1 fully saturated rings. The van der Waals surface area contributed by atoms with Crippen LogP contribution in [-0.2, 0) is 4.74 Å². The highest BCUT2D eigenvalue weighted by Gasteiger charge is 2.25. The largest absolute Gasteiger partial charge is 0.372 e. The molecule has 1 saturated heterocycles. The Morgan fingerprint density at radius 3 is 1.88 bits per heavy atom. The maximum atomic E-state index is 5.89. The first-order valence-electron chi connectivity index (χ1n) is 11.4. The smallest absolute Gasteiger partial charge is 0.199 e. The first kappa shape index (κ1) is 21.6. The van der Waals surface area contributed by atoms with E-state index in [0.29, 0.717) is 4.77 Å².